The predicted molar refractivity (Wildman–Crippen MR) is 97.5 cm³/mol. The Labute approximate surface area is 159 Å². The van der Waals surface area contributed by atoms with Crippen LogP contribution in [-0.2, 0) is 4.84 Å². The largest absolute Gasteiger partial charge is 0.477 e. The molecule has 2 aromatic rings. The van der Waals surface area contributed by atoms with Crippen LogP contribution in [-0.4, -0.2) is 58.1 Å². The van der Waals surface area contributed by atoms with E-state index in [1.54, 1.807) is 16.7 Å². The number of fused-ring (bicyclic) bond motifs is 2. The minimum atomic E-state index is -1.33. The molecule has 0 spiro atoms. The summed E-state index contributed by atoms with van der Waals surface area (Å²) in [6, 6.07) is 1.27. The molecule has 3 N–H and O–H groups in total. The van der Waals surface area contributed by atoms with Gasteiger partial charge in [0.1, 0.15) is 17.4 Å². The van der Waals surface area contributed by atoms with Gasteiger partial charge in [-0.2, -0.15) is 5.06 Å². The summed E-state index contributed by atoms with van der Waals surface area (Å²) in [7, 11) is 1.56. The second-order valence-corrected chi connectivity index (χ2v) is 7.58. The fourth-order valence-electron chi connectivity index (χ4n) is 4.34. The molecule has 4 heterocycles. The zero-order chi connectivity index (χ0) is 19.7. The highest BCUT2D eigenvalue weighted by Gasteiger charge is 2.62. The molecule has 3 fully saturated rings. The molecule has 0 radical (unpaired) electrons. The Balaban J connectivity index is 1.67. The first kappa shape index (κ1) is 17.5. The number of aromatic nitrogens is 2. The molecular weight excluding hydrogens is 369 g/mol. The second kappa shape index (κ2) is 5.97. The third-order valence-corrected chi connectivity index (χ3v) is 5.90. The monoisotopic (exact) mass is 389 g/mol. The van der Waals surface area contributed by atoms with Crippen molar-refractivity contribution in [2.75, 3.05) is 25.1 Å². The number of hydrogen-bond donors (Lipinski definition) is 2. The van der Waals surface area contributed by atoms with E-state index in [1.807, 2.05) is 4.90 Å². The highest BCUT2D eigenvalue weighted by molar-refractivity contribution is 5.92. The highest BCUT2D eigenvalue weighted by atomic mass is 19.1. The number of aromatic carboxylic acids is 1. The first-order chi connectivity index (χ1) is 13.5. The molecule has 2 saturated heterocycles. The summed E-state index contributed by atoms with van der Waals surface area (Å²) in [5, 5.41) is 11.1. The molecule has 1 aliphatic carbocycles. The molecule has 0 aromatic carbocycles. The molecule has 0 bridgehead atoms. The number of rotatable bonds is 5. The number of carbonyl (C=O) groups is 1. The number of nitrogens with two attached hydrogens (primary N) is 1. The smallest absolute Gasteiger partial charge is 0.341 e. The van der Waals surface area contributed by atoms with E-state index < -0.39 is 17.2 Å². The van der Waals surface area contributed by atoms with Gasteiger partial charge in [0.2, 0.25) is 5.43 Å². The minimum Gasteiger partial charge on any atom is -0.477 e. The van der Waals surface area contributed by atoms with Gasteiger partial charge in [0, 0.05) is 24.7 Å². The summed E-state index contributed by atoms with van der Waals surface area (Å²) in [6.45, 7) is 0.990. The lowest BCUT2D eigenvalue weighted by Gasteiger charge is -2.25. The SMILES string of the molecule is CON1[C@@H]2[C@@H]1C(CN)CN2c1nc2c(cc1F)c(=O)c(C(=O)O)cn2C1CC1. The Kier molecular flexibility index (Phi) is 3.74. The molecule has 9 nitrogen and oxygen atoms in total. The summed E-state index contributed by atoms with van der Waals surface area (Å²) < 4.78 is 16.7. The van der Waals surface area contributed by atoms with E-state index in [9.17, 15) is 19.1 Å². The maximum absolute atomic E-state index is 15.0. The number of anilines is 1. The molecule has 2 aromatic heterocycles. The van der Waals surface area contributed by atoms with Gasteiger partial charge in [-0.15, -0.1) is 0 Å². The molecule has 28 heavy (non-hydrogen) atoms. The molecule has 3 aliphatic rings. The summed E-state index contributed by atoms with van der Waals surface area (Å²) in [5.74, 6) is -1.72. The molecule has 1 saturated carbocycles. The Morgan fingerprint density at radius 1 is 1.46 bits per heavy atom. The Morgan fingerprint density at radius 3 is 2.82 bits per heavy atom. The maximum atomic E-state index is 15.0. The first-order valence-electron chi connectivity index (χ1n) is 9.24. The molecule has 10 heteroatoms. The molecule has 148 valence electrons. The number of carboxylic acid groups (broad SMARTS) is 1. The molecule has 4 atom stereocenters. The van der Waals surface area contributed by atoms with Gasteiger partial charge in [-0.05, 0) is 25.5 Å². The lowest BCUT2D eigenvalue weighted by atomic mass is 10.1. The van der Waals surface area contributed by atoms with Crippen molar-refractivity contribution in [3.8, 4) is 0 Å². The predicted octanol–water partition coefficient (Wildman–Crippen LogP) is 0.535. The second-order valence-electron chi connectivity index (χ2n) is 7.58. The number of nitrogens with zero attached hydrogens (tertiary/aromatic N) is 4. The fourth-order valence-corrected chi connectivity index (χ4v) is 4.34. The van der Waals surface area contributed by atoms with Crippen molar-refractivity contribution in [1.82, 2.24) is 14.6 Å². The zero-order valence-electron chi connectivity index (χ0n) is 15.2. The van der Waals surface area contributed by atoms with Crippen LogP contribution in [0.25, 0.3) is 11.0 Å². The van der Waals surface area contributed by atoms with Crippen LogP contribution in [0.1, 0.15) is 29.2 Å². The van der Waals surface area contributed by atoms with Crippen LogP contribution >= 0.6 is 0 Å². The van der Waals surface area contributed by atoms with Gasteiger partial charge in [-0.3, -0.25) is 9.63 Å². The van der Waals surface area contributed by atoms with Crippen molar-refractivity contribution in [1.29, 1.82) is 0 Å². The zero-order valence-corrected chi connectivity index (χ0v) is 15.2. The van der Waals surface area contributed by atoms with Gasteiger partial charge >= 0.3 is 5.97 Å². The van der Waals surface area contributed by atoms with E-state index in [2.05, 4.69) is 4.98 Å². The average molecular weight is 389 g/mol. The van der Waals surface area contributed by atoms with Crippen LogP contribution in [0.5, 0.6) is 0 Å². The molecular formula is C18H20FN5O4. The van der Waals surface area contributed by atoms with Gasteiger partial charge < -0.3 is 20.3 Å². The topological polar surface area (TPSA) is 114 Å². The van der Waals surface area contributed by atoms with Crippen molar-refractivity contribution in [2.24, 2.45) is 11.7 Å². The summed E-state index contributed by atoms with van der Waals surface area (Å²) in [4.78, 5) is 35.6. The summed E-state index contributed by atoms with van der Waals surface area (Å²) in [5.41, 5.74) is 5.07. The van der Waals surface area contributed by atoms with E-state index in [0.717, 1.165) is 18.9 Å². The Morgan fingerprint density at radius 2 is 2.21 bits per heavy atom. The van der Waals surface area contributed by atoms with E-state index in [0.29, 0.717) is 18.7 Å². The van der Waals surface area contributed by atoms with Gasteiger partial charge in [0.15, 0.2) is 11.6 Å². The number of hydrogen-bond acceptors (Lipinski definition) is 7. The number of hydroxylamine groups is 2. The van der Waals surface area contributed by atoms with E-state index in [-0.39, 0.29) is 40.9 Å². The number of pyridine rings is 2. The van der Waals surface area contributed by atoms with Crippen LogP contribution in [0.4, 0.5) is 10.2 Å². The first-order valence-corrected chi connectivity index (χ1v) is 9.24. The number of halogens is 1. The van der Waals surface area contributed by atoms with Crippen LogP contribution < -0.4 is 16.1 Å². The summed E-state index contributed by atoms with van der Waals surface area (Å²) in [6.07, 6.45) is 2.92. The van der Waals surface area contributed by atoms with Crippen molar-refractivity contribution in [3.63, 3.8) is 0 Å². The average Bonchev–Trinajstić information content (AvgIpc) is 3.59. The molecule has 0 amide bonds. The van der Waals surface area contributed by atoms with Crippen LogP contribution in [0.2, 0.25) is 0 Å². The van der Waals surface area contributed by atoms with Crippen LogP contribution in [0.15, 0.2) is 17.1 Å². The van der Waals surface area contributed by atoms with Crippen LogP contribution in [0.3, 0.4) is 0 Å². The van der Waals surface area contributed by atoms with Gasteiger partial charge in [-0.25, -0.2) is 14.2 Å². The maximum Gasteiger partial charge on any atom is 0.341 e. The third-order valence-electron chi connectivity index (χ3n) is 5.90. The van der Waals surface area contributed by atoms with Crippen molar-refractivity contribution in [3.05, 3.63) is 33.9 Å². The lowest BCUT2D eigenvalue weighted by molar-refractivity contribution is -0.0595. The molecule has 2 unspecified atom stereocenters. The van der Waals surface area contributed by atoms with E-state index in [1.165, 1.54) is 6.20 Å². The fraction of sp³-hybridized carbons (Fsp3) is 0.500. The number of carboxylic acids is 1. The highest BCUT2D eigenvalue weighted by Crippen LogP contribution is 2.46. The minimum absolute atomic E-state index is 0.0152. The standard InChI is InChI=1S/C18H20FN5O4/c1-28-24-13-8(5-20)6-23(17(13)24)16-12(19)4-10-14(25)11(18(26)27)7-22(9-2-3-9)15(10)21-16/h4,7-9,13,17H,2-3,5-6,20H2,1H3,(H,26,27)/t8?,13-,17+,24?/m0/s1. The normalized spacial score (nSPS) is 28.6. The summed E-state index contributed by atoms with van der Waals surface area (Å²) >= 11 is 0. The third kappa shape index (κ3) is 2.38. The molecule has 2 aliphatic heterocycles. The van der Waals surface area contributed by atoms with Gasteiger partial charge in [-0.1, -0.05) is 0 Å². The lowest BCUT2D eigenvalue weighted by Crippen LogP contribution is -2.35. The van der Waals surface area contributed by atoms with Gasteiger partial charge in [0.25, 0.3) is 0 Å². The Bertz CT molecular complexity index is 1050. The van der Waals surface area contributed by atoms with E-state index in [4.69, 9.17) is 10.6 Å². The van der Waals surface area contributed by atoms with Crippen LogP contribution in [0, 0.1) is 11.7 Å². The van der Waals surface area contributed by atoms with Gasteiger partial charge in [0.05, 0.1) is 18.5 Å². The quantitative estimate of drug-likeness (QED) is 0.712. The Hall–Kier alpha value is -2.56. The van der Waals surface area contributed by atoms with E-state index >= 15 is 0 Å². The van der Waals surface area contributed by atoms with Crippen molar-refractivity contribution < 1.29 is 19.1 Å². The molecule has 5 rings (SSSR count). The van der Waals surface area contributed by atoms with Crippen molar-refractivity contribution in [2.45, 2.75) is 31.1 Å². The van der Waals surface area contributed by atoms with Crippen molar-refractivity contribution >= 4 is 22.8 Å².